The van der Waals surface area contributed by atoms with Crippen LogP contribution in [0.25, 0.3) is 11.1 Å². The van der Waals surface area contributed by atoms with Crippen LogP contribution in [-0.4, -0.2) is 0 Å². The summed E-state index contributed by atoms with van der Waals surface area (Å²) in [5, 5.41) is 0. The summed E-state index contributed by atoms with van der Waals surface area (Å²) in [6.45, 7) is 10.9. The Balaban J connectivity index is 2.78. The first-order chi connectivity index (χ1) is 8.41. The molecule has 18 heavy (non-hydrogen) atoms. The number of nitrogens with two attached hydrogens (primary N) is 1. The molecular formula is C17H21N. The maximum atomic E-state index is 5.84. The molecule has 1 heteroatoms. The number of hydrogen-bond acceptors (Lipinski definition) is 1. The van der Waals surface area contributed by atoms with E-state index in [0.717, 1.165) is 5.69 Å². The van der Waals surface area contributed by atoms with Crippen molar-refractivity contribution < 1.29 is 0 Å². The van der Waals surface area contributed by atoms with Gasteiger partial charge in [-0.2, -0.15) is 0 Å². The van der Waals surface area contributed by atoms with Gasteiger partial charge in [-0.3, -0.25) is 0 Å². The van der Waals surface area contributed by atoms with Crippen molar-refractivity contribution in [1.82, 2.24) is 0 Å². The van der Waals surface area contributed by atoms with Crippen LogP contribution in [0.2, 0.25) is 0 Å². The molecule has 2 rings (SSSR count). The van der Waals surface area contributed by atoms with E-state index in [9.17, 15) is 0 Å². The van der Waals surface area contributed by atoms with Crippen molar-refractivity contribution in [3.05, 3.63) is 52.1 Å². The first kappa shape index (κ1) is 12.7. The van der Waals surface area contributed by atoms with E-state index in [1.807, 2.05) is 12.1 Å². The van der Waals surface area contributed by atoms with Crippen molar-refractivity contribution >= 4 is 5.69 Å². The molecule has 94 valence electrons. The molecule has 0 radical (unpaired) electrons. The number of hydrogen-bond donors (Lipinski definition) is 1. The Hall–Kier alpha value is -1.76. The van der Waals surface area contributed by atoms with Crippen molar-refractivity contribution in [3.63, 3.8) is 0 Å². The van der Waals surface area contributed by atoms with E-state index >= 15 is 0 Å². The number of nitrogen functional groups attached to an aromatic ring is 1. The maximum absolute atomic E-state index is 5.84. The number of aryl methyl sites for hydroxylation is 3. The van der Waals surface area contributed by atoms with Gasteiger partial charge in [0.1, 0.15) is 0 Å². The van der Waals surface area contributed by atoms with Crippen LogP contribution >= 0.6 is 0 Å². The fourth-order valence-corrected chi connectivity index (χ4v) is 2.59. The molecule has 0 amide bonds. The van der Waals surface area contributed by atoms with E-state index < -0.39 is 0 Å². The Labute approximate surface area is 110 Å². The van der Waals surface area contributed by atoms with Crippen LogP contribution < -0.4 is 5.73 Å². The molecule has 0 fully saturated rings. The molecule has 1 nitrogen and oxygen atoms in total. The topological polar surface area (TPSA) is 26.0 Å². The third-order valence-corrected chi connectivity index (χ3v) is 3.89. The van der Waals surface area contributed by atoms with Crippen LogP contribution in [0.1, 0.15) is 27.8 Å². The highest BCUT2D eigenvalue weighted by atomic mass is 14.5. The van der Waals surface area contributed by atoms with E-state index in [1.54, 1.807) is 0 Å². The lowest BCUT2D eigenvalue weighted by atomic mass is 9.88. The van der Waals surface area contributed by atoms with Crippen molar-refractivity contribution in [2.45, 2.75) is 34.6 Å². The van der Waals surface area contributed by atoms with Gasteiger partial charge in [-0.05, 0) is 85.7 Å². The predicted molar refractivity (Wildman–Crippen MR) is 80.0 cm³/mol. The van der Waals surface area contributed by atoms with Crippen molar-refractivity contribution in [3.8, 4) is 11.1 Å². The van der Waals surface area contributed by atoms with Gasteiger partial charge in [0.15, 0.2) is 0 Å². The van der Waals surface area contributed by atoms with Crippen LogP contribution in [0.5, 0.6) is 0 Å². The Morgan fingerprint density at radius 2 is 1.28 bits per heavy atom. The van der Waals surface area contributed by atoms with Gasteiger partial charge in [-0.1, -0.05) is 12.1 Å². The average molecular weight is 239 g/mol. The summed E-state index contributed by atoms with van der Waals surface area (Å²) >= 11 is 0. The van der Waals surface area contributed by atoms with Gasteiger partial charge in [-0.25, -0.2) is 0 Å². The normalized spacial score (nSPS) is 10.7. The third-order valence-electron chi connectivity index (χ3n) is 3.89. The molecule has 0 aliphatic heterocycles. The van der Waals surface area contributed by atoms with E-state index in [4.69, 9.17) is 5.73 Å². The number of rotatable bonds is 1. The van der Waals surface area contributed by atoms with Crippen LogP contribution in [0.4, 0.5) is 5.69 Å². The lowest BCUT2D eigenvalue weighted by Crippen LogP contribution is -1.97. The molecule has 2 N–H and O–H groups in total. The zero-order valence-corrected chi connectivity index (χ0v) is 11.9. The highest BCUT2D eigenvalue weighted by Crippen LogP contribution is 2.34. The van der Waals surface area contributed by atoms with Gasteiger partial charge in [0.2, 0.25) is 0 Å². The van der Waals surface area contributed by atoms with Gasteiger partial charge >= 0.3 is 0 Å². The summed E-state index contributed by atoms with van der Waals surface area (Å²) in [6.07, 6.45) is 0. The molecule has 0 heterocycles. The summed E-state index contributed by atoms with van der Waals surface area (Å²) in [7, 11) is 0. The summed E-state index contributed by atoms with van der Waals surface area (Å²) in [4.78, 5) is 0. The van der Waals surface area contributed by atoms with E-state index in [-0.39, 0.29) is 0 Å². The molecule has 0 aliphatic carbocycles. The van der Waals surface area contributed by atoms with Gasteiger partial charge in [0.05, 0.1) is 0 Å². The van der Waals surface area contributed by atoms with E-state index in [0.29, 0.717) is 0 Å². The van der Waals surface area contributed by atoms with Crippen molar-refractivity contribution in [2.24, 2.45) is 0 Å². The molecule has 0 atom stereocenters. The Kier molecular flexibility index (Phi) is 3.16. The zero-order valence-electron chi connectivity index (χ0n) is 11.9. The Bertz CT molecular complexity index is 583. The minimum Gasteiger partial charge on any atom is -0.399 e. The zero-order chi connectivity index (χ0) is 13.4. The highest BCUT2D eigenvalue weighted by Gasteiger charge is 2.12. The molecule has 2 aromatic carbocycles. The number of anilines is 1. The van der Waals surface area contributed by atoms with E-state index in [1.165, 1.54) is 38.9 Å². The standard InChI is InChI=1S/C17H21N/c1-10-8-11(2)14(5)17(13(10)4)16-7-6-15(18)9-12(16)3/h6-9H,18H2,1-5H3. The maximum Gasteiger partial charge on any atom is 0.0317 e. The molecule has 2 aromatic rings. The van der Waals surface area contributed by atoms with Crippen LogP contribution in [0.15, 0.2) is 24.3 Å². The van der Waals surface area contributed by atoms with Crippen LogP contribution in [0.3, 0.4) is 0 Å². The van der Waals surface area contributed by atoms with Gasteiger partial charge in [0, 0.05) is 5.69 Å². The minimum absolute atomic E-state index is 0.830. The molecule has 0 aliphatic rings. The molecular weight excluding hydrogens is 218 g/mol. The largest absolute Gasteiger partial charge is 0.399 e. The lowest BCUT2D eigenvalue weighted by molar-refractivity contribution is 1.24. The molecule has 0 bridgehead atoms. The second-order valence-corrected chi connectivity index (χ2v) is 5.21. The third kappa shape index (κ3) is 2.01. The van der Waals surface area contributed by atoms with Gasteiger partial charge in [-0.15, -0.1) is 0 Å². The van der Waals surface area contributed by atoms with Gasteiger partial charge < -0.3 is 5.73 Å². The fourth-order valence-electron chi connectivity index (χ4n) is 2.59. The van der Waals surface area contributed by atoms with Crippen LogP contribution in [-0.2, 0) is 0 Å². The summed E-state index contributed by atoms with van der Waals surface area (Å²) in [6, 6.07) is 8.43. The quantitative estimate of drug-likeness (QED) is 0.730. The molecule has 0 saturated carbocycles. The predicted octanol–water partition coefficient (Wildman–Crippen LogP) is 4.48. The Morgan fingerprint density at radius 3 is 1.78 bits per heavy atom. The first-order valence-electron chi connectivity index (χ1n) is 6.35. The second-order valence-electron chi connectivity index (χ2n) is 5.21. The molecule has 0 spiro atoms. The van der Waals surface area contributed by atoms with Crippen molar-refractivity contribution in [1.29, 1.82) is 0 Å². The monoisotopic (exact) mass is 239 g/mol. The molecule has 0 unspecified atom stereocenters. The summed E-state index contributed by atoms with van der Waals surface area (Å²) < 4.78 is 0. The smallest absolute Gasteiger partial charge is 0.0317 e. The minimum atomic E-state index is 0.830. The fraction of sp³-hybridized carbons (Fsp3) is 0.294. The summed E-state index contributed by atoms with van der Waals surface area (Å²) in [5.74, 6) is 0. The van der Waals surface area contributed by atoms with E-state index in [2.05, 4.69) is 46.8 Å². The molecule has 0 aromatic heterocycles. The first-order valence-corrected chi connectivity index (χ1v) is 6.35. The highest BCUT2D eigenvalue weighted by molar-refractivity contribution is 5.77. The van der Waals surface area contributed by atoms with Crippen molar-refractivity contribution in [2.75, 3.05) is 5.73 Å². The lowest BCUT2D eigenvalue weighted by Gasteiger charge is -2.17. The second kappa shape index (κ2) is 4.49. The molecule has 0 saturated heterocycles. The number of benzene rings is 2. The van der Waals surface area contributed by atoms with Crippen LogP contribution in [0, 0.1) is 34.6 Å². The van der Waals surface area contributed by atoms with Gasteiger partial charge in [0.25, 0.3) is 0 Å². The Morgan fingerprint density at radius 1 is 0.722 bits per heavy atom. The SMILES string of the molecule is Cc1cc(N)ccc1-c1c(C)c(C)cc(C)c1C. The average Bonchev–Trinajstić information content (AvgIpc) is 2.29. The summed E-state index contributed by atoms with van der Waals surface area (Å²) in [5.41, 5.74) is 16.0.